The molecule has 1 amide bonds. The number of fused-ring (bicyclic) bond motifs is 3. The van der Waals surface area contributed by atoms with E-state index in [4.69, 9.17) is 9.15 Å². The summed E-state index contributed by atoms with van der Waals surface area (Å²) in [7, 11) is -3.99. The average molecular weight is 579 g/mol. The topological polar surface area (TPSA) is 141 Å². The van der Waals surface area contributed by atoms with E-state index < -0.39 is 27.7 Å². The van der Waals surface area contributed by atoms with Crippen LogP contribution in [0.1, 0.15) is 38.2 Å². The molecule has 0 spiro atoms. The zero-order valence-corrected chi connectivity index (χ0v) is 23.5. The molecule has 1 unspecified atom stereocenters. The van der Waals surface area contributed by atoms with Gasteiger partial charge in [-0.1, -0.05) is 48.5 Å². The Bertz CT molecular complexity index is 1650. The van der Waals surface area contributed by atoms with Crippen LogP contribution >= 0.6 is 0 Å². The number of carbonyl (C=O) groups excluding carboxylic acids is 2. The van der Waals surface area contributed by atoms with Crippen LogP contribution in [0.15, 0.2) is 82.1 Å². The Kier molecular flexibility index (Phi) is 8.41. The Hall–Kier alpha value is -3.77. The second-order valence-electron chi connectivity index (χ2n) is 10.6. The number of amides is 1. The third-order valence-corrected chi connectivity index (χ3v) is 8.88. The van der Waals surface area contributed by atoms with Crippen molar-refractivity contribution < 1.29 is 27.2 Å². The van der Waals surface area contributed by atoms with Gasteiger partial charge in [-0.3, -0.25) is 4.79 Å². The van der Waals surface area contributed by atoms with Gasteiger partial charge in [0.15, 0.2) is 0 Å². The van der Waals surface area contributed by atoms with E-state index >= 15 is 0 Å². The highest BCUT2D eigenvalue weighted by atomic mass is 32.2. The van der Waals surface area contributed by atoms with Crippen LogP contribution in [0.2, 0.25) is 0 Å². The maximum absolute atomic E-state index is 13.3. The van der Waals surface area contributed by atoms with Crippen LogP contribution in [-0.4, -0.2) is 50.0 Å². The molecule has 2 heterocycles. The van der Waals surface area contributed by atoms with Crippen LogP contribution in [0.25, 0.3) is 21.9 Å². The lowest BCUT2D eigenvalue weighted by atomic mass is 9.96. The van der Waals surface area contributed by atoms with E-state index in [2.05, 4.69) is 10.0 Å². The predicted molar refractivity (Wildman–Crippen MR) is 154 cm³/mol. The van der Waals surface area contributed by atoms with Gasteiger partial charge in [-0.25, -0.2) is 17.9 Å². The highest BCUT2D eigenvalue weighted by Gasteiger charge is 2.42. The standard InChI is InChI=1S/C30H32N3O7S/c1-30(32-41(37,38)22-14-15-28-24(17-22)23-11-5-6-13-27(23)40-28)18-25(33(36)20-30)26(34)12-7-8-16-31-29(35)39-19-21-9-3-2-4-10-21/h2-6,9-11,13-15,17,25,32H,7-8,12,16,18-20H2,1H3,(H,31,35)/q-1/t25-,30?/m0/s1. The molecule has 216 valence electrons. The van der Waals surface area contributed by atoms with Crippen molar-refractivity contribution in [2.75, 3.05) is 13.1 Å². The van der Waals surface area contributed by atoms with Crippen LogP contribution in [-0.2, 0) is 26.2 Å². The molecule has 0 aliphatic carbocycles. The largest absolute Gasteiger partial charge is 0.785 e. The van der Waals surface area contributed by atoms with E-state index in [1.54, 1.807) is 19.1 Å². The molecule has 5 rings (SSSR count). The summed E-state index contributed by atoms with van der Waals surface area (Å²) in [5.41, 5.74) is 1.01. The van der Waals surface area contributed by atoms with Gasteiger partial charge in [-0.15, -0.1) is 0 Å². The monoisotopic (exact) mass is 578 g/mol. The number of hydrogen-bond acceptors (Lipinski definition) is 8. The number of hydrogen-bond donors (Lipinski definition) is 2. The molecule has 1 aliphatic heterocycles. The number of hydroxylamine groups is 2. The molecule has 0 bridgehead atoms. The number of rotatable bonds is 11. The molecular formula is C30H32N3O7S-. The van der Waals surface area contributed by atoms with E-state index in [1.165, 1.54) is 6.07 Å². The van der Waals surface area contributed by atoms with E-state index in [0.29, 0.717) is 41.0 Å². The molecule has 4 aromatic rings. The molecule has 1 saturated heterocycles. The summed E-state index contributed by atoms with van der Waals surface area (Å²) in [5, 5.41) is 17.5. The molecule has 10 nitrogen and oxygen atoms in total. The first kappa shape index (κ1) is 28.7. The quantitative estimate of drug-likeness (QED) is 0.240. The number of para-hydroxylation sites is 1. The SMILES string of the molecule is CC1(NS(=O)(=O)c2ccc3oc4ccccc4c3c2)C[C@@H](C(=O)CCCCNC(=O)OCc2ccccc2)N([O-])C1. The van der Waals surface area contributed by atoms with Crippen LogP contribution in [0.4, 0.5) is 4.79 Å². The number of ether oxygens (including phenoxy) is 1. The average Bonchev–Trinajstić information content (AvgIpc) is 3.47. The third-order valence-electron chi connectivity index (χ3n) is 7.24. The number of unbranched alkanes of at least 4 members (excludes halogenated alkanes) is 1. The van der Waals surface area contributed by atoms with Gasteiger partial charge in [0.25, 0.3) is 0 Å². The zero-order chi connectivity index (χ0) is 29.0. The lowest BCUT2D eigenvalue weighted by molar-refractivity contribution is -0.122. The van der Waals surface area contributed by atoms with E-state index in [1.807, 2.05) is 54.6 Å². The molecule has 2 atom stereocenters. The van der Waals surface area contributed by atoms with Crippen LogP contribution in [0.5, 0.6) is 0 Å². The Balaban J connectivity index is 1.11. The zero-order valence-electron chi connectivity index (χ0n) is 22.7. The van der Waals surface area contributed by atoms with Crippen molar-refractivity contribution in [2.24, 2.45) is 0 Å². The van der Waals surface area contributed by atoms with Crippen molar-refractivity contribution in [1.82, 2.24) is 15.1 Å². The highest BCUT2D eigenvalue weighted by molar-refractivity contribution is 7.89. The molecule has 2 N–H and O–H groups in total. The number of alkyl carbamates (subject to hydrolysis) is 1. The van der Waals surface area contributed by atoms with Gasteiger partial charge in [0.1, 0.15) is 23.6 Å². The first-order valence-electron chi connectivity index (χ1n) is 13.5. The number of furan rings is 1. The van der Waals surface area contributed by atoms with Crippen molar-refractivity contribution in [2.45, 2.75) is 55.7 Å². The molecule has 41 heavy (non-hydrogen) atoms. The summed E-state index contributed by atoms with van der Waals surface area (Å²) in [6.45, 7) is 2.00. The lowest BCUT2D eigenvalue weighted by Crippen LogP contribution is -2.47. The van der Waals surface area contributed by atoms with Crippen molar-refractivity contribution in [1.29, 1.82) is 0 Å². The maximum atomic E-state index is 13.3. The first-order chi connectivity index (χ1) is 19.6. The minimum atomic E-state index is -3.99. The Morgan fingerprint density at radius 2 is 1.76 bits per heavy atom. The fourth-order valence-corrected chi connectivity index (χ4v) is 6.64. The smallest absolute Gasteiger partial charge is 0.407 e. The molecule has 11 heteroatoms. The van der Waals surface area contributed by atoms with Gasteiger partial charge >= 0.3 is 6.09 Å². The van der Waals surface area contributed by atoms with Crippen LogP contribution < -0.4 is 10.0 Å². The summed E-state index contributed by atoms with van der Waals surface area (Å²) in [4.78, 5) is 24.7. The molecule has 1 aromatic heterocycles. The van der Waals surface area contributed by atoms with Crippen LogP contribution in [0, 0.1) is 5.21 Å². The van der Waals surface area contributed by atoms with Gasteiger partial charge in [-0.05, 0) is 56.0 Å². The summed E-state index contributed by atoms with van der Waals surface area (Å²) in [5.74, 6) is -0.249. The summed E-state index contributed by atoms with van der Waals surface area (Å²) < 4.78 is 40.2. The first-order valence-corrected chi connectivity index (χ1v) is 15.0. The second-order valence-corrected chi connectivity index (χ2v) is 12.3. The molecule has 3 aromatic carbocycles. The second kappa shape index (κ2) is 12.0. The molecule has 1 fully saturated rings. The molecule has 1 aliphatic rings. The van der Waals surface area contributed by atoms with Crippen molar-refractivity contribution in [3.05, 3.63) is 83.6 Å². The van der Waals surface area contributed by atoms with Gasteiger partial charge < -0.3 is 24.7 Å². The van der Waals surface area contributed by atoms with Crippen molar-refractivity contribution in [3.8, 4) is 0 Å². The minimum Gasteiger partial charge on any atom is -0.785 e. The lowest BCUT2D eigenvalue weighted by Gasteiger charge is -2.30. The fourth-order valence-electron chi connectivity index (χ4n) is 5.21. The molecule has 0 saturated carbocycles. The maximum Gasteiger partial charge on any atom is 0.407 e. The summed E-state index contributed by atoms with van der Waals surface area (Å²) in [6.07, 6.45) is 0.688. The van der Waals surface area contributed by atoms with E-state index in [0.717, 1.165) is 10.9 Å². The van der Waals surface area contributed by atoms with Crippen molar-refractivity contribution >= 4 is 43.8 Å². The Labute approximate surface area is 238 Å². The molecular weight excluding hydrogens is 546 g/mol. The normalized spacial score (nSPS) is 19.5. The van der Waals surface area contributed by atoms with E-state index in [9.17, 15) is 23.2 Å². The van der Waals surface area contributed by atoms with E-state index in [-0.39, 0.29) is 36.7 Å². The van der Waals surface area contributed by atoms with Gasteiger partial charge in [0.2, 0.25) is 10.0 Å². The summed E-state index contributed by atoms with van der Waals surface area (Å²) in [6, 6.07) is 20.4. The number of Topliss-reactive ketones (excluding diaryl/α,β-unsaturated/α-hetero) is 1. The minimum absolute atomic E-state index is 0.0554. The predicted octanol–water partition coefficient (Wildman–Crippen LogP) is 4.86. The van der Waals surface area contributed by atoms with Gasteiger partial charge in [-0.2, -0.15) is 0 Å². The Morgan fingerprint density at radius 3 is 2.56 bits per heavy atom. The number of benzene rings is 3. The van der Waals surface area contributed by atoms with Crippen LogP contribution in [0.3, 0.4) is 0 Å². The Morgan fingerprint density at radius 1 is 1.02 bits per heavy atom. The number of nitrogens with zero attached hydrogens (tertiary/aromatic N) is 1. The number of sulfonamides is 1. The number of ketones is 1. The highest BCUT2D eigenvalue weighted by Crippen LogP contribution is 2.32. The fraction of sp³-hybridized carbons (Fsp3) is 0.333. The molecule has 0 radical (unpaired) electrons. The number of nitrogens with one attached hydrogen (secondary N) is 2. The third kappa shape index (κ3) is 6.76. The van der Waals surface area contributed by atoms with Gasteiger partial charge in [0.05, 0.1) is 10.9 Å². The number of carbonyl (C=O) groups is 2. The summed E-state index contributed by atoms with van der Waals surface area (Å²) >= 11 is 0. The van der Waals surface area contributed by atoms with Crippen molar-refractivity contribution in [3.63, 3.8) is 0 Å². The van der Waals surface area contributed by atoms with Gasteiger partial charge in [0, 0.05) is 35.8 Å².